The Morgan fingerprint density at radius 2 is 2.37 bits per heavy atom. The predicted octanol–water partition coefficient (Wildman–Crippen LogP) is 2.63. The molecule has 0 fully saturated rings. The topological polar surface area (TPSA) is 66.8 Å². The molecule has 0 aliphatic carbocycles. The van der Waals surface area contributed by atoms with Gasteiger partial charge in [-0.2, -0.15) is 10.4 Å². The van der Waals surface area contributed by atoms with Crippen LogP contribution in [0.1, 0.15) is 30.4 Å². The van der Waals surface area contributed by atoms with Gasteiger partial charge in [0.25, 0.3) is 0 Å². The Morgan fingerprint density at radius 1 is 1.58 bits per heavy atom. The zero-order valence-corrected chi connectivity index (χ0v) is 11.5. The fraction of sp³-hybridized carbons (Fsp3) is 0.429. The summed E-state index contributed by atoms with van der Waals surface area (Å²) < 4.78 is 7.03. The molecule has 2 aromatic heterocycles. The van der Waals surface area contributed by atoms with E-state index in [0.717, 1.165) is 30.1 Å². The van der Waals surface area contributed by atoms with Crippen molar-refractivity contribution >= 4 is 5.82 Å². The molecule has 0 saturated carbocycles. The second-order valence-electron chi connectivity index (χ2n) is 4.71. The SMILES string of the molecule is Cc1nn(C)c(NC(C)CCc2ccco2)c1C#N. The van der Waals surface area contributed by atoms with Crippen LogP contribution in [0.5, 0.6) is 0 Å². The number of hydrogen-bond donors (Lipinski definition) is 1. The van der Waals surface area contributed by atoms with Crippen molar-refractivity contribution < 1.29 is 4.42 Å². The maximum absolute atomic E-state index is 9.15. The first-order valence-corrected chi connectivity index (χ1v) is 6.34. The molecule has 2 aromatic rings. The number of nitrogens with zero attached hydrogens (tertiary/aromatic N) is 3. The van der Waals surface area contributed by atoms with Gasteiger partial charge in [-0.3, -0.25) is 4.68 Å². The second-order valence-corrected chi connectivity index (χ2v) is 4.71. The van der Waals surface area contributed by atoms with Gasteiger partial charge >= 0.3 is 0 Å². The van der Waals surface area contributed by atoms with Gasteiger partial charge in [0, 0.05) is 19.5 Å². The van der Waals surface area contributed by atoms with Crippen molar-refractivity contribution in [3.8, 4) is 6.07 Å². The van der Waals surface area contributed by atoms with Gasteiger partial charge in [-0.15, -0.1) is 0 Å². The lowest BCUT2D eigenvalue weighted by Gasteiger charge is -2.14. The maximum atomic E-state index is 9.15. The number of aromatic nitrogens is 2. The molecular weight excluding hydrogens is 240 g/mol. The molecule has 5 nitrogen and oxygen atoms in total. The third kappa shape index (κ3) is 2.97. The Bertz CT molecular complexity index is 577. The second kappa shape index (κ2) is 5.61. The molecule has 0 amide bonds. The Kier molecular flexibility index (Phi) is 3.91. The molecule has 0 aliphatic heterocycles. The van der Waals surface area contributed by atoms with Gasteiger partial charge in [-0.05, 0) is 32.4 Å². The molecule has 19 heavy (non-hydrogen) atoms. The molecule has 0 aromatic carbocycles. The number of rotatable bonds is 5. The van der Waals surface area contributed by atoms with E-state index in [9.17, 15) is 0 Å². The van der Waals surface area contributed by atoms with E-state index in [1.807, 2.05) is 26.1 Å². The van der Waals surface area contributed by atoms with E-state index in [2.05, 4.69) is 23.4 Å². The average molecular weight is 258 g/mol. The monoisotopic (exact) mass is 258 g/mol. The van der Waals surface area contributed by atoms with Crippen LogP contribution >= 0.6 is 0 Å². The number of anilines is 1. The van der Waals surface area contributed by atoms with E-state index in [-0.39, 0.29) is 6.04 Å². The largest absolute Gasteiger partial charge is 0.469 e. The maximum Gasteiger partial charge on any atom is 0.142 e. The normalized spacial score (nSPS) is 12.1. The fourth-order valence-electron chi connectivity index (χ4n) is 2.08. The van der Waals surface area contributed by atoms with Crippen molar-refractivity contribution in [2.75, 3.05) is 5.32 Å². The van der Waals surface area contributed by atoms with Gasteiger partial charge in [0.05, 0.1) is 12.0 Å². The standard InChI is InChI=1S/C14H18N4O/c1-10(6-7-12-5-4-8-19-12)16-14-13(9-15)11(2)17-18(14)3/h4-5,8,10,16H,6-7H2,1-3H3. The summed E-state index contributed by atoms with van der Waals surface area (Å²) in [5, 5.41) is 16.8. The Morgan fingerprint density at radius 3 is 3.00 bits per heavy atom. The van der Waals surface area contributed by atoms with Crippen LogP contribution in [0.15, 0.2) is 22.8 Å². The number of nitrogens with one attached hydrogen (secondary N) is 1. The van der Waals surface area contributed by atoms with Crippen LogP contribution in [0.4, 0.5) is 5.82 Å². The summed E-state index contributed by atoms with van der Waals surface area (Å²) in [5.74, 6) is 1.77. The molecule has 5 heteroatoms. The van der Waals surface area contributed by atoms with E-state index < -0.39 is 0 Å². The molecule has 0 aliphatic rings. The highest BCUT2D eigenvalue weighted by Gasteiger charge is 2.14. The minimum absolute atomic E-state index is 0.243. The van der Waals surface area contributed by atoms with E-state index in [1.54, 1.807) is 10.9 Å². The molecule has 1 atom stereocenters. The molecule has 1 N–H and O–H groups in total. The van der Waals surface area contributed by atoms with Crippen LogP contribution in [0.25, 0.3) is 0 Å². The summed E-state index contributed by atoms with van der Waals surface area (Å²) in [5.41, 5.74) is 1.37. The zero-order valence-electron chi connectivity index (χ0n) is 11.5. The van der Waals surface area contributed by atoms with E-state index in [0.29, 0.717) is 5.56 Å². The summed E-state index contributed by atoms with van der Waals surface area (Å²) in [6.07, 6.45) is 3.49. The van der Waals surface area contributed by atoms with Crippen molar-refractivity contribution in [1.82, 2.24) is 9.78 Å². The number of furan rings is 1. The summed E-state index contributed by atoms with van der Waals surface area (Å²) in [4.78, 5) is 0. The number of aryl methyl sites for hydroxylation is 3. The lowest BCUT2D eigenvalue weighted by molar-refractivity contribution is 0.494. The van der Waals surface area contributed by atoms with Crippen LogP contribution < -0.4 is 5.32 Å². The Labute approximate surface area is 112 Å². The molecule has 0 radical (unpaired) electrons. The zero-order chi connectivity index (χ0) is 13.8. The molecule has 0 saturated heterocycles. The van der Waals surface area contributed by atoms with E-state index >= 15 is 0 Å². The van der Waals surface area contributed by atoms with E-state index in [4.69, 9.17) is 9.68 Å². The molecular formula is C14H18N4O. The van der Waals surface area contributed by atoms with Gasteiger partial charge < -0.3 is 9.73 Å². The van der Waals surface area contributed by atoms with Gasteiger partial charge in [0.1, 0.15) is 23.2 Å². The summed E-state index contributed by atoms with van der Waals surface area (Å²) >= 11 is 0. The van der Waals surface area contributed by atoms with E-state index in [1.165, 1.54) is 0 Å². The van der Waals surface area contributed by atoms with Crippen LogP contribution in [-0.4, -0.2) is 15.8 Å². The van der Waals surface area contributed by atoms with Crippen LogP contribution in [-0.2, 0) is 13.5 Å². The Balaban J connectivity index is 1.99. The first-order chi connectivity index (χ1) is 9.11. The first-order valence-electron chi connectivity index (χ1n) is 6.34. The van der Waals surface area contributed by atoms with Gasteiger partial charge in [-0.1, -0.05) is 0 Å². The van der Waals surface area contributed by atoms with Crippen molar-refractivity contribution in [3.05, 3.63) is 35.4 Å². The number of hydrogen-bond acceptors (Lipinski definition) is 4. The van der Waals surface area contributed by atoms with Crippen LogP contribution in [0.3, 0.4) is 0 Å². The van der Waals surface area contributed by atoms with Gasteiger partial charge in [-0.25, -0.2) is 0 Å². The minimum Gasteiger partial charge on any atom is -0.469 e. The van der Waals surface area contributed by atoms with Crippen molar-refractivity contribution in [2.24, 2.45) is 7.05 Å². The minimum atomic E-state index is 0.243. The molecule has 100 valence electrons. The molecule has 1 unspecified atom stereocenters. The van der Waals surface area contributed by atoms with Gasteiger partial charge in [0.15, 0.2) is 0 Å². The average Bonchev–Trinajstić information content (AvgIpc) is 2.96. The fourth-order valence-corrected chi connectivity index (χ4v) is 2.08. The van der Waals surface area contributed by atoms with Crippen LogP contribution in [0.2, 0.25) is 0 Å². The third-order valence-corrected chi connectivity index (χ3v) is 3.12. The predicted molar refractivity (Wildman–Crippen MR) is 72.8 cm³/mol. The lowest BCUT2D eigenvalue weighted by atomic mass is 10.1. The molecule has 0 spiro atoms. The smallest absolute Gasteiger partial charge is 0.142 e. The lowest BCUT2D eigenvalue weighted by Crippen LogP contribution is -2.18. The highest BCUT2D eigenvalue weighted by atomic mass is 16.3. The molecule has 2 rings (SSSR count). The Hall–Kier alpha value is -2.22. The highest BCUT2D eigenvalue weighted by Crippen LogP contribution is 2.19. The molecule has 0 bridgehead atoms. The summed E-state index contributed by atoms with van der Waals surface area (Å²) in [6, 6.07) is 6.31. The van der Waals surface area contributed by atoms with Crippen LogP contribution in [0, 0.1) is 18.3 Å². The molecule has 2 heterocycles. The highest BCUT2D eigenvalue weighted by molar-refractivity contribution is 5.55. The van der Waals surface area contributed by atoms with Crippen molar-refractivity contribution in [3.63, 3.8) is 0 Å². The quantitative estimate of drug-likeness (QED) is 0.895. The van der Waals surface area contributed by atoms with Crippen molar-refractivity contribution in [2.45, 2.75) is 32.7 Å². The van der Waals surface area contributed by atoms with Crippen molar-refractivity contribution in [1.29, 1.82) is 5.26 Å². The number of nitriles is 1. The summed E-state index contributed by atoms with van der Waals surface area (Å²) in [6.45, 7) is 3.93. The first kappa shape index (κ1) is 13.2. The van der Waals surface area contributed by atoms with Gasteiger partial charge in [0.2, 0.25) is 0 Å². The third-order valence-electron chi connectivity index (χ3n) is 3.12. The summed E-state index contributed by atoms with van der Waals surface area (Å²) in [7, 11) is 1.84.